The molecule has 2 aromatic carbocycles. The number of anilines is 1. The molecule has 174 valence electrons. The third-order valence-electron chi connectivity index (χ3n) is 5.85. The molecule has 3 aromatic rings. The van der Waals surface area contributed by atoms with E-state index < -0.39 is 4.92 Å². The van der Waals surface area contributed by atoms with Gasteiger partial charge in [0.2, 0.25) is 0 Å². The van der Waals surface area contributed by atoms with E-state index in [9.17, 15) is 14.9 Å². The summed E-state index contributed by atoms with van der Waals surface area (Å²) in [5, 5.41) is 12.5. The Kier molecular flexibility index (Phi) is 7.23. The molecule has 0 unspecified atom stereocenters. The summed E-state index contributed by atoms with van der Waals surface area (Å²) in [6.45, 7) is 7.99. The van der Waals surface area contributed by atoms with Gasteiger partial charge in [-0.1, -0.05) is 35.1 Å². The number of nitro groups is 1. The zero-order chi connectivity index (χ0) is 23.5. The Balaban J connectivity index is 1.67. The van der Waals surface area contributed by atoms with Crippen LogP contribution >= 0.6 is 22.9 Å². The van der Waals surface area contributed by atoms with Gasteiger partial charge in [0.1, 0.15) is 0 Å². The molecule has 0 aliphatic carbocycles. The number of thiazole rings is 1. The molecule has 1 amide bonds. The van der Waals surface area contributed by atoms with Gasteiger partial charge >= 0.3 is 0 Å². The molecule has 0 spiro atoms. The number of hydrogen-bond acceptors (Lipinski definition) is 7. The highest BCUT2D eigenvalue weighted by atomic mass is 35.5. The maximum Gasteiger partial charge on any atom is 0.273 e. The molecule has 8 nitrogen and oxygen atoms in total. The summed E-state index contributed by atoms with van der Waals surface area (Å²) in [7, 11) is 0. The molecule has 10 heteroatoms. The maximum atomic E-state index is 13.7. The molecule has 1 saturated heterocycles. The minimum atomic E-state index is -0.463. The normalized spacial score (nSPS) is 14.5. The van der Waals surface area contributed by atoms with Crippen LogP contribution in [0.2, 0.25) is 5.02 Å². The fourth-order valence-corrected chi connectivity index (χ4v) is 5.31. The van der Waals surface area contributed by atoms with Crippen LogP contribution in [0.5, 0.6) is 0 Å². The van der Waals surface area contributed by atoms with E-state index in [0.29, 0.717) is 41.0 Å². The number of benzene rings is 2. The van der Waals surface area contributed by atoms with Crippen molar-refractivity contribution < 1.29 is 14.5 Å². The van der Waals surface area contributed by atoms with E-state index in [0.717, 1.165) is 41.8 Å². The number of ether oxygens (including phenoxy) is 1. The largest absolute Gasteiger partial charge is 0.379 e. The first-order valence-corrected chi connectivity index (χ1v) is 12.0. The summed E-state index contributed by atoms with van der Waals surface area (Å²) in [5.74, 6) is -0.300. The van der Waals surface area contributed by atoms with Gasteiger partial charge in [-0.15, -0.1) is 0 Å². The second-order valence-electron chi connectivity index (χ2n) is 8.01. The van der Waals surface area contributed by atoms with Crippen molar-refractivity contribution in [3.8, 4) is 0 Å². The van der Waals surface area contributed by atoms with E-state index in [1.54, 1.807) is 24.0 Å². The molecule has 0 N–H and O–H groups in total. The number of nitro benzene ring substituents is 1. The molecule has 0 saturated carbocycles. The Morgan fingerprint density at radius 1 is 1.27 bits per heavy atom. The minimum absolute atomic E-state index is 0.0719. The van der Waals surface area contributed by atoms with Crippen molar-refractivity contribution in [1.29, 1.82) is 0 Å². The highest BCUT2D eigenvalue weighted by molar-refractivity contribution is 7.23. The number of rotatable bonds is 7. The summed E-state index contributed by atoms with van der Waals surface area (Å²) in [4.78, 5) is 33.3. The van der Waals surface area contributed by atoms with E-state index in [4.69, 9.17) is 21.3 Å². The van der Waals surface area contributed by atoms with E-state index in [-0.39, 0.29) is 11.6 Å². The van der Waals surface area contributed by atoms with Crippen LogP contribution in [0.1, 0.15) is 27.9 Å². The van der Waals surface area contributed by atoms with Crippen LogP contribution in [-0.2, 0) is 4.74 Å². The van der Waals surface area contributed by atoms with Crippen molar-refractivity contribution in [1.82, 2.24) is 9.88 Å². The van der Waals surface area contributed by atoms with Crippen molar-refractivity contribution >= 4 is 49.9 Å². The van der Waals surface area contributed by atoms with Gasteiger partial charge in [-0.2, -0.15) is 0 Å². The minimum Gasteiger partial charge on any atom is -0.379 e. The molecule has 0 radical (unpaired) electrons. The summed E-state index contributed by atoms with van der Waals surface area (Å²) >= 11 is 7.77. The summed E-state index contributed by atoms with van der Waals surface area (Å²) in [5.41, 5.74) is 2.32. The highest BCUT2D eigenvalue weighted by Gasteiger charge is 2.26. The van der Waals surface area contributed by atoms with Crippen LogP contribution < -0.4 is 4.90 Å². The van der Waals surface area contributed by atoms with Crippen molar-refractivity contribution in [2.24, 2.45) is 0 Å². The number of amides is 1. The number of carbonyl (C=O) groups is 1. The SMILES string of the molecule is Cc1c(C(=O)N(CCCN2CCOCC2)c2nc3c(C)ccc(Cl)c3s2)cccc1[N+](=O)[O-]. The second-order valence-corrected chi connectivity index (χ2v) is 9.39. The predicted octanol–water partition coefficient (Wildman–Crippen LogP) is 4.84. The molecular formula is C23H25ClN4O4S. The number of hydrogen-bond donors (Lipinski definition) is 0. The quantitative estimate of drug-likeness (QED) is 0.349. The van der Waals surface area contributed by atoms with Crippen molar-refractivity contribution in [3.63, 3.8) is 0 Å². The van der Waals surface area contributed by atoms with Gasteiger partial charge in [0, 0.05) is 43.4 Å². The number of nitrogens with zero attached hydrogens (tertiary/aromatic N) is 4. The third-order valence-corrected chi connectivity index (χ3v) is 7.39. The third kappa shape index (κ3) is 5.01. The average molecular weight is 489 g/mol. The molecule has 0 atom stereocenters. The number of fused-ring (bicyclic) bond motifs is 1. The molecular weight excluding hydrogens is 464 g/mol. The average Bonchev–Trinajstić information content (AvgIpc) is 3.26. The van der Waals surface area contributed by atoms with Crippen molar-refractivity contribution in [2.75, 3.05) is 44.3 Å². The summed E-state index contributed by atoms with van der Waals surface area (Å²) in [6, 6.07) is 8.32. The fourth-order valence-electron chi connectivity index (χ4n) is 3.97. The van der Waals surface area contributed by atoms with E-state index in [2.05, 4.69) is 4.90 Å². The van der Waals surface area contributed by atoms with Crippen LogP contribution in [-0.4, -0.2) is 60.1 Å². The van der Waals surface area contributed by atoms with Crippen molar-refractivity contribution in [2.45, 2.75) is 20.3 Å². The molecule has 1 aliphatic heterocycles. The Bertz CT molecular complexity index is 1150. The van der Waals surface area contributed by atoms with Crippen molar-refractivity contribution in [3.05, 3.63) is 62.2 Å². The van der Waals surface area contributed by atoms with Crippen LogP contribution in [0.15, 0.2) is 30.3 Å². The van der Waals surface area contributed by atoms with E-state index in [1.807, 2.05) is 19.1 Å². The smallest absolute Gasteiger partial charge is 0.273 e. The molecule has 33 heavy (non-hydrogen) atoms. The number of aryl methyl sites for hydroxylation is 1. The first-order chi connectivity index (χ1) is 15.9. The summed E-state index contributed by atoms with van der Waals surface area (Å²) < 4.78 is 6.24. The van der Waals surface area contributed by atoms with Crippen LogP contribution in [0.25, 0.3) is 10.2 Å². The second kappa shape index (κ2) is 10.1. The monoisotopic (exact) mass is 488 g/mol. The first-order valence-electron chi connectivity index (χ1n) is 10.8. The van der Waals surface area contributed by atoms with Gasteiger partial charge < -0.3 is 4.74 Å². The number of morpholine rings is 1. The zero-order valence-corrected chi connectivity index (χ0v) is 20.1. The molecule has 1 fully saturated rings. The maximum absolute atomic E-state index is 13.7. The Morgan fingerprint density at radius 3 is 2.73 bits per heavy atom. The molecule has 4 rings (SSSR count). The zero-order valence-electron chi connectivity index (χ0n) is 18.5. The number of aromatic nitrogens is 1. The first kappa shape index (κ1) is 23.6. The Labute approximate surface area is 200 Å². The van der Waals surface area contributed by atoms with Gasteiger partial charge in [-0.3, -0.25) is 24.7 Å². The molecule has 0 bridgehead atoms. The summed E-state index contributed by atoms with van der Waals surface area (Å²) in [6.07, 6.45) is 0.738. The topological polar surface area (TPSA) is 88.8 Å². The lowest BCUT2D eigenvalue weighted by atomic mass is 10.1. The Hall–Kier alpha value is -2.59. The number of carbonyl (C=O) groups excluding carboxylic acids is 1. The molecule has 2 heterocycles. The highest BCUT2D eigenvalue weighted by Crippen LogP contribution is 2.36. The lowest BCUT2D eigenvalue weighted by molar-refractivity contribution is -0.385. The molecule has 1 aliphatic rings. The van der Waals surface area contributed by atoms with E-state index in [1.165, 1.54) is 17.4 Å². The van der Waals surface area contributed by atoms with Crippen LogP contribution in [0.3, 0.4) is 0 Å². The predicted molar refractivity (Wildman–Crippen MR) is 131 cm³/mol. The van der Waals surface area contributed by atoms with Gasteiger partial charge in [-0.05, 0) is 38.0 Å². The van der Waals surface area contributed by atoms with E-state index >= 15 is 0 Å². The fraction of sp³-hybridized carbons (Fsp3) is 0.391. The van der Waals surface area contributed by atoms with Crippen LogP contribution in [0, 0.1) is 24.0 Å². The van der Waals surface area contributed by atoms with Gasteiger partial charge in [-0.25, -0.2) is 4.98 Å². The lowest BCUT2D eigenvalue weighted by Gasteiger charge is -2.28. The Morgan fingerprint density at radius 2 is 2.03 bits per heavy atom. The van der Waals surface area contributed by atoms with Crippen LogP contribution in [0.4, 0.5) is 10.8 Å². The van der Waals surface area contributed by atoms with Gasteiger partial charge in [0.05, 0.1) is 33.4 Å². The van der Waals surface area contributed by atoms with Gasteiger partial charge in [0.15, 0.2) is 5.13 Å². The standard InChI is InChI=1S/C23H25ClN4O4S/c1-15-7-8-18(24)21-20(15)25-23(33-21)27(10-4-9-26-11-13-32-14-12-26)22(29)17-5-3-6-19(16(17)2)28(30)31/h3,5-8H,4,9-14H2,1-2H3. The number of halogens is 1. The molecule has 1 aromatic heterocycles. The van der Waals surface area contributed by atoms with Gasteiger partial charge in [0.25, 0.3) is 11.6 Å². The lowest BCUT2D eigenvalue weighted by Crippen LogP contribution is -2.39.